The van der Waals surface area contributed by atoms with Crippen LogP contribution in [-0.2, 0) is 23.1 Å². The lowest BCUT2D eigenvalue weighted by Gasteiger charge is -1.94. The molecular formula is C8H13NO2S. The molecule has 3 nitrogen and oxygen atoms in total. The average Bonchev–Trinajstić information content (AvgIpc) is 2.52. The van der Waals surface area contributed by atoms with Gasteiger partial charge < -0.3 is 10.2 Å². The Labute approximate surface area is 74.4 Å². The van der Waals surface area contributed by atoms with E-state index in [2.05, 4.69) is 0 Å². The highest BCUT2D eigenvalue weighted by molar-refractivity contribution is 7.84. The maximum absolute atomic E-state index is 11.1. The number of rotatable bonds is 4. The first kappa shape index (κ1) is 9.48. The first-order chi connectivity index (χ1) is 5.76. The van der Waals surface area contributed by atoms with Gasteiger partial charge in [-0.25, -0.2) is 0 Å². The van der Waals surface area contributed by atoms with Crippen molar-refractivity contribution in [2.45, 2.75) is 19.2 Å². The standard InChI is InChI=1S/C8H13NO2S/c1-2-12(10)6-8-4-3-7(5-9)11-8/h3-4H,2,5-6,9H2,1H3. The number of hydrogen-bond donors (Lipinski definition) is 1. The fraction of sp³-hybridized carbons (Fsp3) is 0.500. The Morgan fingerprint density at radius 2 is 2.17 bits per heavy atom. The molecule has 1 unspecified atom stereocenters. The Morgan fingerprint density at radius 3 is 2.67 bits per heavy atom. The molecule has 0 aliphatic carbocycles. The summed E-state index contributed by atoms with van der Waals surface area (Å²) in [7, 11) is -0.801. The van der Waals surface area contributed by atoms with Crippen molar-refractivity contribution in [1.29, 1.82) is 0 Å². The first-order valence-corrected chi connectivity index (χ1v) is 5.37. The van der Waals surface area contributed by atoms with E-state index in [1.165, 1.54) is 0 Å². The quantitative estimate of drug-likeness (QED) is 0.765. The van der Waals surface area contributed by atoms with Crippen molar-refractivity contribution in [1.82, 2.24) is 0 Å². The predicted molar refractivity (Wildman–Crippen MR) is 49.0 cm³/mol. The van der Waals surface area contributed by atoms with Crippen LogP contribution in [0.25, 0.3) is 0 Å². The van der Waals surface area contributed by atoms with Gasteiger partial charge >= 0.3 is 0 Å². The lowest BCUT2D eigenvalue weighted by Crippen LogP contribution is -1.96. The summed E-state index contributed by atoms with van der Waals surface area (Å²) < 4.78 is 16.4. The SMILES string of the molecule is CCS(=O)Cc1ccc(CN)o1. The second-order valence-corrected chi connectivity index (χ2v) is 4.19. The summed E-state index contributed by atoms with van der Waals surface area (Å²) in [6.07, 6.45) is 0. The van der Waals surface area contributed by atoms with Gasteiger partial charge in [0.1, 0.15) is 11.5 Å². The van der Waals surface area contributed by atoms with Crippen molar-refractivity contribution in [3.05, 3.63) is 23.7 Å². The van der Waals surface area contributed by atoms with E-state index in [1.54, 1.807) is 0 Å². The second kappa shape index (κ2) is 4.42. The molecule has 0 aliphatic heterocycles. The molecule has 0 spiro atoms. The van der Waals surface area contributed by atoms with Crippen LogP contribution >= 0.6 is 0 Å². The van der Waals surface area contributed by atoms with E-state index < -0.39 is 10.8 Å². The summed E-state index contributed by atoms with van der Waals surface area (Å²) in [5.74, 6) is 2.67. The van der Waals surface area contributed by atoms with Crippen LogP contribution in [0.4, 0.5) is 0 Å². The van der Waals surface area contributed by atoms with Gasteiger partial charge in [0.25, 0.3) is 0 Å². The molecule has 0 aromatic carbocycles. The van der Waals surface area contributed by atoms with Gasteiger partial charge in [0, 0.05) is 16.6 Å². The third-order valence-corrected chi connectivity index (χ3v) is 2.79. The minimum Gasteiger partial charge on any atom is -0.464 e. The third-order valence-electron chi connectivity index (χ3n) is 1.54. The highest BCUT2D eigenvalue weighted by Gasteiger charge is 2.03. The summed E-state index contributed by atoms with van der Waals surface area (Å²) in [4.78, 5) is 0. The molecule has 0 radical (unpaired) electrons. The summed E-state index contributed by atoms with van der Waals surface area (Å²) in [6.45, 7) is 2.29. The minimum atomic E-state index is -0.801. The molecule has 0 saturated carbocycles. The van der Waals surface area contributed by atoms with Gasteiger partial charge in [-0.2, -0.15) is 0 Å². The van der Waals surface area contributed by atoms with Crippen molar-refractivity contribution < 1.29 is 8.63 Å². The lowest BCUT2D eigenvalue weighted by molar-refractivity contribution is 0.481. The number of nitrogens with two attached hydrogens (primary N) is 1. The van der Waals surface area contributed by atoms with E-state index in [0.29, 0.717) is 18.1 Å². The van der Waals surface area contributed by atoms with E-state index in [0.717, 1.165) is 11.5 Å². The first-order valence-electron chi connectivity index (χ1n) is 3.89. The summed E-state index contributed by atoms with van der Waals surface area (Å²) >= 11 is 0. The summed E-state index contributed by atoms with van der Waals surface area (Å²) in [5.41, 5.74) is 5.36. The van der Waals surface area contributed by atoms with E-state index >= 15 is 0 Å². The smallest absolute Gasteiger partial charge is 0.117 e. The molecule has 1 heterocycles. The zero-order chi connectivity index (χ0) is 8.97. The molecule has 1 aromatic heterocycles. The Bertz CT molecular complexity index is 270. The van der Waals surface area contributed by atoms with Gasteiger partial charge in [-0.05, 0) is 12.1 Å². The maximum atomic E-state index is 11.1. The van der Waals surface area contributed by atoms with Gasteiger partial charge in [0.05, 0.1) is 12.3 Å². The van der Waals surface area contributed by atoms with Crippen LogP contribution in [0.15, 0.2) is 16.5 Å². The maximum Gasteiger partial charge on any atom is 0.117 e. The van der Waals surface area contributed by atoms with Crippen LogP contribution in [0.3, 0.4) is 0 Å². The Balaban J connectivity index is 2.58. The molecule has 2 N–H and O–H groups in total. The number of hydrogen-bond acceptors (Lipinski definition) is 3. The fourth-order valence-electron chi connectivity index (χ4n) is 0.870. The van der Waals surface area contributed by atoms with Crippen molar-refractivity contribution in [3.63, 3.8) is 0 Å². The van der Waals surface area contributed by atoms with Gasteiger partial charge in [-0.1, -0.05) is 6.92 Å². The van der Waals surface area contributed by atoms with Gasteiger partial charge in [0.15, 0.2) is 0 Å². The normalized spacial score (nSPS) is 13.2. The molecule has 12 heavy (non-hydrogen) atoms. The van der Waals surface area contributed by atoms with Crippen LogP contribution in [0.1, 0.15) is 18.4 Å². The van der Waals surface area contributed by atoms with Gasteiger partial charge in [-0.3, -0.25) is 4.21 Å². The zero-order valence-electron chi connectivity index (χ0n) is 7.08. The molecule has 0 fully saturated rings. The molecule has 0 bridgehead atoms. The lowest BCUT2D eigenvalue weighted by atomic mass is 10.4. The largest absolute Gasteiger partial charge is 0.464 e. The van der Waals surface area contributed by atoms with Gasteiger partial charge in [0.2, 0.25) is 0 Å². The highest BCUT2D eigenvalue weighted by Crippen LogP contribution is 2.09. The van der Waals surface area contributed by atoms with Crippen LogP contribution in [0.5, 0.6) is 0 Å². The summed E-state index contributed by atoms with van der Waals surface area (Å²) in [5, 5.41) is 0. The van der Waals surface area contributed by atoms with E-state index in [4.69, 9.17) is 10.2 Å². The molecule has 1 atom stereocenters. The van der Waals surface area contributed by atoms with Crippen LogP contribution < -0.4 is 5.73 Å². The molecule has 4 heteroatoms. The van der Waals surface area contributed by atoms with Crippen molar-refractivity contribution in [3.8, 4) is 0 Å². The summed E-state index contributed by atoms with van der Waals surface area (Å²) in [6, 6.07) is 3.65. The minimum absolute atomic E-state index is 0.402. The van der Waals surface area contributed by atoms with Gasteiger partial charge in [-0.15, -0.1) is 0 Å². The molecule has 1 rings (SSSR count). The molecule has 0 saturated heterocycles. The Kier molecular flexibility index (Phi) is 3.49. The zero-order valence-corrected chi connectivity index (χ0v) is 7.89. The average molecular weight is 187 g/mol. The fourth-order valence-corrected chi connectivity index (χ4v) is 1.55. The van der Waals surface area contributed by atoms with E-state index in [1.807, 2.05) is 19.1 Å². The highest BCUT2D eigenvalue weighted by atomic mass is 32.2. The van der Waals surface area contributed by atoms with Crippen LogP contribution in [-0.4, -0.2) is 9.96 Å². The molecule has 1 aromatic rings. The number of furan rings is 1. The van der Waals surface area contributed by atoms with Crippen LogP contribution in [0.2, 0.25) is 0 Å². The Hall–Kier alpha value is -0.610. The molecule has 0 amide bonds. The topological polar surface area (TPSA) is 56.2 Å². The predicted octanol–water partition coefficient (Wildman–Crippen LogP) is 1.01. The van der Waals surface area contributed by atoms with Crippen molar-refractivity contribution in [2.75, 3.05) is 5.75 Å². The van der Waals surface area contributed by atoms with E-state index in [9.17, 15) is 4.21 Å². The molecular weight excluding hydrogens is 174 g/mol. The van der Waals surface area contributed by atoms with E-state index in [-0.39, 0.29) is 0 Å². The monoisotopic (exact) mass is 187 g/mol. The molecule has 0 aliphatic rings. The van der Waals surface area contributed by atoms with Crippen molar-refractivity contribution in [2.24, 2.45) is 5.73 Å². The molecule has 68 valence electrons. The second-order valence-electron chi connectivity index (χ2n) is 2.44. The third kappa shape index (κ3) is 2.46. The Morgan fingerprint density at radius 1 is 1.50 bits per heavy atom. The van der Waals surface area contributed by atoms with Crippen molar-refractivity contribution >= 4 is 10.8 Å². The van der Waals surface area contributed by atoms with Crippen LogP contribution in [0, 0.1) is 0 Å².